The van der Waals surface area contributed by atoms with Gasteiger partial charge in [0.1, 0.15) is 5.75 Å². The number of carbonyl (C=O) groups is 1. The number of piperazine rings is 1. The molecule has 0 bridgehead atoms. The van der Waals surface area contributed by atoms with Gasteiger partial charge in [-0.3, -0.25) is 23.7 Å². The molecule has 0 radical (unpaired) electrons. The minimum atomic E-state index is -5.30. The number of alkyl halides is 3. The summed E-state index contributed by atoms with van der Waals surface area (Å²) < 4.78 is 46.9. The Hall–Kier alpha value is -3.52. The molecule has 0 aliphatic carbocycles. The van der Waals surface area contributed by atoms with Crippen molar-refractivity contribution >= 4 is 23.2 Å². The van der Waals surface area contributed by atoms with Gasteiger partial charge < -0.3 is 14.9 Å². The molecule has 1 saturated heterocycles. The molecular weight excluding hydrogens is 461 g/mol. The molecule has 3 heterocycles. The van der Waals surface area contributed by atoms with E-state index < -0.39 is 29.7 Å². The van der Waals surface area contributed by atoms with Crippen molar-refractivity contribution in [1.29, 1.82) is 0 Å². The zero-order chi connectivity index (χ0) is 24.8. The summed E-state index contributed by atoms with van der Waals surface area (Å²) >= 11 is 0. The average Bonchev–Trinajstić information content (AvgIpc) is 3.15. The summed E-state index contributed by atoms with van der Waals surface area (Å²) in [5, 5.41) is 3.83. The van der Waals surface area contributed by atoms with E-state index in [0.717, 1.165) is 9.13 Å². The van der Waals surface area contributed by atoms with Crippen molar-refractivity contribution in [3.05, 3.63) is 45.1 Å². The molecule has 1 N–H and O–H groups in total. The van der Waals surface area contributed by atoms with E-state index in [0.29, 0.717) is 42.7 Å². The number of anilines is 3. The van der Waals surface area contributed by atoms with Crippen LogP contribution in [0.3, 0.4) is 0 Å². The smallest absolute Gasteiger partial charge is 0.493 e. The third-order valence-electron chi connectivity index (χ3n) is 5.74. The van der Waals surface area contributed by atoms with Gasteiger partial charge in [0.25, 0.3) is 5.56 Å². The first-order chi connectivity index (χ1) is 16.1. The number of nitrogens with one attached hydrogen (secondary N) is 1. The standard InChI is InChI=1S/C20H23F3N6O5/c1-25-15-14(16(30)26(2)19(25)32)28(12-6-4-5-7-13(12)33-3)18(27-10-8-24-9-11-27)29(15)34-17(31)20(21,22)23/h4-7,18,24H,8-11H2,1-3H3. The van der Waals surface area contributed by atoms with Crippen molar-refractivity contribution in [2.75, 3.05) is 43.3 Å². The predicted molar refractivity (Wildman–Crippen MR) is 115 cm³/mol. The summed E-state index contributed by atoms with van der Waals surface area (Å²) in [6.45, 7) is 1.73. The summed E-state index contributed by atoms with van der Waals surface area (Å²) in [6, 6.07) is 6.61. The number of ether oxygens (including phenoxy) is 1. The molecule has 1 fully saturated rings. The maximum absolute atomic E-state index is 13.3. The number of carbonyl (C=O) groups excluding carboxylic acids is 1. The lowest BCUT2D eigenvalue weighted by atomic mass is 10.2. The number of benzene rings is 1. The largest absolute Gasteiger partial charge is 0.495 e. The summed E-state index contributed by atoms with van der Waals surface area (Å²) in [7, 11) is 3.96. The van der Waals surface area contributed by atoms with Gasteiger partial charge in [0.2, 0.25) is 6.29 Å². The van der Waals surface area contributed by atoms with Crippen LogP contribution in [0.2, 0.25) is 0 Å². The molecule has 184 valence electrons. The molecule has 2 aromatic rings. The molecule has 1 unspecified atom stereocenters. The van der Waals surface area contributed by atoms with Gasteiger partial charge in [-0.1, -0.05) is 12.1 Å². The maximum atomic E-state index is 13.3. The number of hydrogen-bond donors (Lipinski definition) is 1. The van der Waals surface area contributed by atoms with E-state index in [9.17, 15) is 27.6 Å². The molecule has 14 heteroatoms. The Balaban J connectivity index is 2.02. The fourth-order valence-electron chi connectivity index (χ4n) is 4.14. The van der Waals surface area contributed by atoms with E-state index in [1.807, 2.05) is 0 Å². The molecule has 0 saturated carbocycles. The summed E-state index contributed by atoms with van der Waals surface area (Å²) in [5.41, 5.74) is -1.35. The minimum absolute atomic E-state index is 0.132. The van der Waals surface area contributed by atoms with Crippen LogP contribution in [0.1, 0.15) is 0 Å². The Bertz CT molecular complexity index is 1220. The SMILES string of the molecule is COc1ccccc1N1c2c(n(C)c(=O)n(C)c2=O)N(OC(=O)C(F)(F)F)C1N1CCNCC1. The van der Waals surface area contributed by atoms with Crippen molar-refractivity contribution in [2.45, 2.75) is 12.5 Å². The maximum Gasteiger partial charge on any atom is 0.493 e. The van der Waals surface area contributed by atoms with Gasteiger partial charge in [-0.25, -0.2) is 9.59 Å². The van der Waals surface area contributed by atoms with Crippen LogP contribution in [-0.4, -0.2) is 65.8 Å². The summed E-state index contributed by atoms with van der Waals surface area (Å²) in [5.74, 6) is -2.43. The Morgan fingerprint density at radius 3 is 2.35 bits per heavy atom. The number of fused-ring (bicyclic) bond motifs is 1. The normalized spacial score (nSPS) is 18.7. The lowest BCUT2D eigenvalue weighted by Crippen LogP contribution is -2.60. The molecule has 1 atom stereocenters. The highest BCUT2D eigenvalue weighted by molar-refractivity contribution is 5.84. The Kier molecular flexibility index (Phi) is 6.03. The van der Waals surface area contributed by atoms with E-state index in [2.05, 4.69) is 5.32 Å². The highest BCUT2D eigenvalue weighted by atomic mass is 19.4. The highest BCUT2D eigenvalue weighted by Gasteiger charge is 2.51. The zero-order valence-electron chi connectivity index (χ0n) is 18.6. The number of hydrogen-bond acceptors (Lipinski definition) is 9. The third-order valence-corrected chi connectivity index (χ3v) is 5.74. The molecule has 4 rings (SSSR count). The molecule has 0 amide bonds. The van der Waals surface area contributed by atoms with Crippen molar-refractivity contribution in [1.82, 2.24) is 19.4 Å². The second-order valence-electron chi connectivity index (χ2n) is 7.75. The third kappa shape index (κ3) is 3.77. The van der Waals surface area contributed by atoms with Crippen LogP contribution in [0.15, 0.2) is 33.9 Å². The van der Waals surface area contributed by atoms with Crippen molar-refractivity contribution < 1.29 is 27.5 Å². The Morgan fingerprint density at radius 2 is 1.74 bits per heavy atom. The Morgan fingerprint density at radius 1 is 1.09 bits per heavy atom. The molecule has 1 aromatic heterocycles. The molecule has 0 spiro atoms. The minimum Gasteiger partial charge on any atom is -0.495 e. The van der Waals surface area contributed by atoms with Crippen molar-refractivity contribution in [3.63, 3.8) is 0 Å². The van der Waals surface area contributed by atoms with Gasteiger partial charge >= 0.3 is 17.8 Å². The van der Waals surface area contributed by atoms with Crippen LogP contribution in [-0.2, 0) is 23.7 Å². The molecule has 1 aromatic carbocycles. The summed E-state index contributed by atoms with van der Waals surface area (Å²) in [4.78, 5) is 46.0. The van der Waals surface area contributed by atoms with E-state index >= 15 is 0 Å². The first-order valence-corrected chi connectivity index (χ1v) is 10.3. The van der Waals surface area contributed by atoms with E-state index in [-0.39, 0.29) is 11.5 Å². The van der Waals surface area contributed by atoms with Gasteiger partial charge in [-0.05, 0) is 12.1 Å². The quantitative estimate of drug-likeness (QED) is 0.655. The number of halogens is 3. The number of nitrogens with zero attached hydrogens (tertiary/aromatic N) is 5. The fraction of sp³-hybridized carbons (Fsp3) is 0.450. The predicted octanol–water partition coefficient (Wildman–Crippen LogP) is 0.260. The van der Waals surface area contributed by atoms with Gasteiger partial charge in [-0.15, -0.1) is 5.06 Å². The Labute approximate surface area is 191 Å². The van der Waals surface area contributed by atoms with Gasteiger partial charge in [-0.2, -0.15) is 13.2 Å². The molecule has 11 nitrogen and oxygen atoms in total. The van der Waals surface area contributed by atoms with Crippen molar-refractivity contribution in [2.24, 2.45) is 14.1 Å². The van der Waals surface area contributed by atoms with Crippen molar-refractivity contribution in [3.8, 4) is 5.75 Å². The first kappa shape index (κ1) is 23.6. The van der Waals surface area contributed by atoms with Gasteiger partial charge in [0.05, 0.1) is 12.8 Å². The first-order valence-electron chi connectivity index (χ1n) is 10.3. The highest BCUT2D eigenvalue weighted by Crippen LogP contribution is 2.45. The van der Waals surface area contributed by atoms with Crippen LogP contribution in [0.25, 0.3) is 0 Å². The van der Waals surface area contributed by atoms with E-state index in [1.54, 1.807) is 29.2 Å². The fourth-order valence-corrected chi connectivity index (χ4v) is 4.14. The monoisotopic (exact) mass is 484 g/mol. The average molecular weight is 484 g/mol. The second kappa shape index (κ2) is 8.68. The summed E-state index contributed by atoms with van der Waals surface area (Å²) in [6.07, 6.45) is -6.50. The van der Waals surface area contributed by atoms with Crippen LogP contribution in [0.4, 0.5) is 30.4 Å². The van der Waals surface area contributed by atoms with Crippen LogP contribution in [0, 0.1) is 0 Å². The van der Waals surface area contributed by atoms with E-state index in [4.69, 9.17) is 9.57 Å². The lowest BCUT2D eigenvalue weighted by Gasteiger charge is -2.41. The zero-order valence-corrected chi connectivity index (χ0v) is 18.6. The van der Waals surface area contributed by atoms with Crippen LogP contribution < -0.4 is 31.3 Å². The van der Waals surface area contributed by atoms with Gasteiger partial charge in [0, 0.05) is 40.3 Å². The number of methoxy groups -OCH3 is 1. The number of rotatable bonds is 4. The molecule has 34 heavy (non-hydrogen) atoms. The van der Waals surface area contributed by atoms with Gasteiger partial charge in [0.15, 0.2) is 11.5 Å². The molecular formula is C20H23F3N6O5. The number of para-hydroxylation sites is 2. The van der Waals surface area contributed by atoms with Crippen LogP contribution in [0.5, 0.6) is 5.75 Å². The second-order valence-corrected chi connectivity index (χ2v) is 7.75. The number of aromatic nitrogens is 2. The van der Waals surface area contributed by atoms with E-state index in [1.165, 1.54) is 26.1 Å². The van der Waals surface area contributed by atoms with Crippen LogP contribution >= 0.6 is 0 Å². The molecule has 2 aliphatic rings. The number of hydroxylamine groups is 1. The lowest BCUT2D eigenvalue weighted by molar-refractivity contribution is -0.203. The molecule has 2 aliphatic heterocycles. The topological polar surface area (TPSA) is 101 Å².